The Morgan fingerprint density at radius 1 is 0.953 bits per heavy atom. The zero-order valence-corrected chi connectivity index (χ0v) is 24.9. The highest BCUT2D eigenvalue weighted by Gasteiger charge is 2.34. The molecule has 1 atom stereocenters. The van der Waals surface area contributed by atoms with Crippen LogP contribution >= 0.6 is 11.3 Å². The Bertz CT molecular complexity index is 1710. The number of hydrogen-bond donors (Lipinski definition) is 0. The van der Waals surface area contributed by atoms with Gasteiger partial charge in [-0.15, -0.1) is 11.3 Å². The van der Waals surface area contributed by atoms with Gasteiger partial charge in [0, 0.05) is 55.6 Å². The Morgan fingerprint density at radius 2 is 1.72 bits per heavy atom. The van der Waals surface area contributed by atoms with E-state index in [2.05, 4.69) is 22.2 Å². The van der Waals surface area contributed by atoms with Gasteiger partial charge in [-0.3, -0.25) is 9.59 Å². The predicted octanol–water partition coefficient (Wildman–Crippen LogP) is 5.88. The maximum Gasteiger partial charge on any atom is 0.247 e. The second-order valence-corrected chi connectivity index (χ2v) is 11.9. The minimum atomic E-state index is -0.682. The summed E-state index contributed by atoms with van der Waals surface area (Å²) < 4.78 is 1.79. The Balaban J connectivity index is 1.34. The second-order valence-electron chi connectivity index (χ2n) is 10.7. The molecule has 6 rings (SSSR count). The smallest absolute Gasteiger partial charge is 0.247 e. The van der Waals surface area contributed by atoms with Crippen LogP contribution in [0, 0.1) is 6.92 Å². The standard InChI is InChI=1S/C35H33N5O2S/c1-26-36-23-32(43-26)16-17-34(41)39(24-28-12-14-31(15-13-28)40-20-7-19-37-40)33(22-27-8-3-2-4-9-27)35(42)38-21-18-29-10-5-6-11-30(29)25-38/h2-17,19-20,23,33H,18,21-22,24-25H2,1H3/t33-/m0/s1. The number of aromatic nitrogens is 3. The number of rotatable bonds is 9. The number of aryl methyl sites for hydroxylation is 1. The largest absolute Gasteiger partial charge is 0.336 e. The van der Waals surface area contributed by atoms with E-state index in [9.17, 15) is 9.59 Å². The number of nitrogens with zero attached hydrogens (tertiary/aromatic N) is 5. The Morgan fingerprint density at radius 3 is 2.44 bits per heavy atom. The molecular weight excluding hydrogens is 554 g/mol. The summed E-state index contributed by atoms with van der Waals surface area (Å²) in [6.45, 7) is 3.39. The summed E-state index contributed by atoms with van der Waals surface area (Å²) in [5, 5.41) is 5.25. The minimum absolute atomic E-state index is 0.0399. The lowest BCUT2D eigenvalue weighted by atomic mass is 9.97. The molecule has 2 aromatic heterocycles. The van der Waals surface area contributed by atoms with E-state index in [1.807, 2.05) is 90.8 Å². The number of thiazole rings is 1. The molecule has 0 saturated heterocycles. The average Bonchev–Trinajstić information content (AvgIpc) is 3.74. The number of carbonyl (C=O) groups is 2. The molecule has 5 aromatic rings. The molecule has 43 heavy (non-hydrogen) atoms. The molecule has 2 amide bonds. The summed E-state index contributed by atoms with van der Waals surface area (Å²) in [7, 11) is 0. The molecule has 1 aliphatic rings. The molecular formula is C35H33N5O2S. The van der Waals surface area contributed by atoms with Crippen LogP contribution in [0.4, 0.5) is 0 Å². The van der Waals surface area contributed by atoms with Crippen LogP contribution in [-0.2, 0) is 35.5 Å². The van der Waals surface area contributed by atoms with E-state index in [1.54, 1.807) is 34.1 Å². The van der Waals surface area contributed by atoms with Crippen LogP contribution in [0.25, 0.3) is 11.8 Å². The van der Waals surface area contributed by atoms with Crippen molar-refractivity contribution < 1.29 is 9.59 Å². The van der Waals surface area contributed by atoms with Crippen molar-refractivity contribution in [1.82, 2.24) is 24.6 Å². The van der Waals surface area contributed by atoms with Gasteiger partial charge < -0.3 is 9.80 Å². The quantitative estimate of drug-likeness (QED) is 0.202. The molecule has 0 N–H and O–H groups in total. The summed E-state index contributed by atoms with van der Waals surface area (Å²) in [5.41, 5.74) is 5.30. The van der Waals surface area contributed by atoms with Gasteiger partial charge in [-0.25, -0.2) is 9.67 Å². The second kappa shape index (κ2) is 13.0. The van der Waals surface area contributed by atoms with Crippen LogP contribution in [0.1, 0.15) is 32.1 Å². The van der Waals surface area contributed by atoms with E-state index < -0.39 is 6.04 Å². The highest BCUT2D eigenvalue weighted by molar-refractivity contribution is 7.12. The van der Waals surface area contributed by atoms with Crippen LogP contribution in [0.15, 0.2) is 110 Å². The van der Waals surface area contributed by atoms with Crippen molar-refractivity contribution in [3.63, 3.8) is 0 Å². The van der Waals surface area contributed by atoms with Crippen molar-refractivity contribution >= 4 is 29.2 Å². The summed E-state index contributed by atoms with van der Waals surface area (Å²) in [6, 6.07) is 27.4. The third-order valence-electron chi connectivity index (χ3n) is 7.75. The molecule has 0 saturated carbocycles. The van der Waals surface area contributed by atoms with E-state index in [0.717, 1.165) is 38.7 Å². The molecule has 0 radical (unpaired) electrons. The van der Waals surface area contributed by atoms with Gasteiger partial charge in [0.15, 0.2) is 0 Å². The number of benzene rings is 3. The van der Waals surface area contributed by atoms with E-state index >= 15 is 0 Å². The summed E-state index contributed by atoms with van der Waals surface area (Å²) in [4.78, 5) is 37.3. The monoisotopic (exact) mass is 587 g/mol. The molecule has 3 aromatic carbocycles. The van der Waals surface area contributed by atoms with E-state index in [4.69, 9.17) is 0 Å². The molecule has 0 spiro atoms. The third kappa shape index (κ3) is 6.81. The highest BCUT2D eigenvalue weighted by Crippen LogP contribution is 2.24. The molecule has 0 unspecified atom stereocenters. The molecule has 8 heteroatoms. The van der Waals surface area contributed by atoms with Gasteiger partial charge in [0.1, 0.15) is 6.04 Å². The summed E-state index contributed by atoms with van der Waals surface area (Å²) >= 11 is 1.53. The molecule has 7 nitrogen and oxygen atoms in total. The molecule has 0 aliphatic carbocycles. The first kappa shape index (κ1) is 28.3. The van der Waals surface area contributed by atoms with Crippen molar-refractivity contribution in [1.29, 1.82) is 0 Å². The van der Waals surface area contributed by atoms with Crippen LogP contribution in [0.2, 0.25) is 0 Å². The SMILES string of the molecule is Cc1ncc(C=CC(=O)N(Cc2ccc(-n3cccn3)cc2)[C@@H](Cc2ccccc2)C(=O)N2CCc3ccccc3C2)s1. The number of fused-ring (bicyclic) bond motifs is 1. The average molecular weight is 588 g/mol. The topological polar surface area (TPSA) is 71.3 Å². The lowest BCUT2D eigenvalue weighted by Gasteiger charge is -2.37. The van der Waals surface area contributed by atoms with Crippen molar-refractivity contribution in [2.45, 2.75) is 38.9 Å². The predicted molar refractivity (Wildman–Crippen MR) is 169 cm³/mol. The number of carbonyl (C=O) groups excluding carboxylic acids is 2. The number of hydrogen-bond acceptors (Lipinski definition) is 5. The molecule has 3 heterocycles. The number of amides is 2. The maximum absolute atomic E-state index is 14.4. The van der Waals surface area contributed by atoms with Gasteiger partial charge in [0.2, 0.25) is 11.8 Å². The van der Waals surface area contributed by atoms with Crippen LogP contribution in [0.3, 0.4) is 0 Å². The molecule has 216 valence electrons. The van der Waals surface area contributed by atoms with Crippen LogP contribution < -0.4 is 0 Å². The maximum atomic E-state index is 14.4. The highest BCUT2D eigenvalue weighted by atomic mass is 32.1. The first-order valence-electron chi connectivity index (χ1n) is 14.4. The molecule has 0 bridgehead atoms. The Kier molecular flexibility index (Phi) is 8.56. The minimum Gasteiger partial charge on any atom is -0.336 e. The summed E-state index contributed by atoms with van der Waals surface area (Å²) in [6.07, 6.45) is 9.98. The van der Waals surface area contributed by atoms with Gasteiger partial charge >= 0.3 is 0 Å². The Labute approximate surface area is 255 Å². The summed E-state index contributed by atoms with van der Waals surface area (Å²) in [5.74, 6) is -0.254. The van der Waals surface area contributed by atoms with Gasteiger partial charge in [-0.1, -0.05) is 66.7 Å². The van der Waals surface area contributed by atoms with Gasteiger partial charge in [-0.05, 0) is 59.9 Å². The fourth-order valence-corrected chi connectivity index (χ4v) is 6.17. The fraction of sp³-hybridized carbons (Fsp3) is 0.200. The van der Waals surface area contributed by atoms with E-state index in [-0.39, 0.29) is 18.4 Å². The molecule has 0 fully saturated rings. The van der Waals surface area contributed by atoms with Crippen molar-refractivity contribution in [2.24, 2.45) is 0 Å². The van der Waals surface area contributed by atoms with Crippen molar-refractivity contribution in [3.05, 3.63) is 142 Å². The first-order valence-corrected chi connectivity index (χ1v) is 15.2. The lowest BCUT2D eigenvalue weighted by Crippen LogP contribution is -2.52. The van der Waals surface area contributed by atoms with Gasteiger partial charge in [0.05, 0.1) is 10.7 Å². The zero-order valence-electron chi connectivity index (χ0n) is 24.0. The first-order chi connectivity index (χ1) is 21.0. The van der Waals surface area contributed by atoms with Crippen LogP contribution in [0.5, 0.6) is 0 Å². The third-order valence-corrected chi connectivity index (χ3v) is 8.62. The van der Waals surface area contributed by atoms with E-state index in [0.29, 0.717) is 19.5 Å². The molecule has 1 aliphatic heterocycles. The van der Waals surface area contributed by atoms with Crippen molar-refractivity contribution in [3.8, 4) is 5.69 Å². The van der Waals surface area contributed by atoms with Crippen molar-refractivity contribution in [2.75, 3.05) is 6.54 Å². The Hall–Kier alpha value is -4.82. The van der Waals surface area contributed by atoms with Gasteiger partial charge in [0.25, 0.3) is 0 Å². The zero-order chi connectivity index (χ0) is 29.6. The van der Waals surface area contributed by atoms with E-state index in [1.165, 1.54) is 16.9 Å². The lowest BCUT2D eigenvalue weighted by molar-refractivity contribution is -0.144. The van der Waals surface area contributed by atoms with Gasteiger partial charge in [-0.2, -0.15) is 5.10 Å². The normalized spacial score (nSPS) is 13.6. The fourth-order valence-electron chi connectivity index (χ4n) is 5.48. The van der Waals surface area contributed by atoms with Crippen LogP contribution in [-0.4, -0.2) is 49.0 Å².